The van der Waals surface area contributed by atoms with Gasteiger partial charge in [-0.1, -0.05) is 32.3 Å². The summed E-state index contributed by atoms with van der Waals surface area (Å²) in [4.78, 5) is 0. The maximum Gasteiger partial charge on any atom is 0.129 e. The van der Waals surface area contributed by atoms with Gasteiger partial charge in [-0.3, -0.25) is 0 Å². The lowest BCUT2D eigenvalue weighted by Crippen LogP contribution is -2.29. The quantitative estimate of drug-likeness (QED) is 0.878. The van der Waals surface area contributed by atoms with Crippen molar-refractivity contribution < 1.29 is 5.11 Å². The standard InChI is InChI=1S/C15H22BrNO/c1-11-4-2-3-5-13(11)10-17-9-12-6-7-15(18)14(16)8-12/h6-8,11,13,17-18H,2-5,9-10H2,1H3. The Kier molecular flexibility index (Phi) is 5.07. The second-order valence-electron chi connectivity index (χ2n) is 5.44. The van der Waals surface area contributed by atoms with E-state index in [0.717, 1.165) is 29.4 Å². The van der Waals surface area contributed by atoms with Gasteiger partial charge in [0.25, 0.3) is 0 Å². The van der Waals surface area contributed by atoms with Crippen LogP contribution in [0.2, 0.25) is 0 Å². The van der Waals surface area contributed by atoms with Crippen LogP contribution in [0.4, 0.5) is 0 Å². The molecule has 1 aromatic rings. The van der Waals surface area contributed by atoms with Crippen LogP contribution in [0, 0.1) is 11.8 Å². The fraction of sp³-hybridized carbons (Fsp3) is 0.600. The van der Waals surface area contributed by atoms with Gasteiger partial charge >= 0.3 is 0 Å². The van der Waals surface area contributed by atoms with Crippen LogP contribution in [0.1, 0.15) is 38.2 Å². The number of aromatic hydroxyl groups is 1. The molecule has 2 atom stereocenters. The molecule has 2 rings (SSSR count). The Balaban J connectivity index is 1.79. The molecule has 0 saturated heterocycles. The molecule has 3 heteroatoms. The number of phenolic OH excluding ortho intramolecular Hbond substituents is 1. The van der Waals surface area contributed by atoms with E-state index in [2.05, 4.69) is 28.2 Å². The zero-order valence-electron chi connectivity index (χ0n) is 11.0. The summed E-state index contributed by atoms with van der Waals surface area (Å²) in [7, 11) is 0. The number of benzene rings is 1. The SMILES string of the molecule is CC1CCCCC1CNCc1ccc(O)c(Br)c1. The molecular weight excluding hydrogens is 290 g/mol. The fourth-order valence-electron chi connectivity index (χ4n) is 2.76. The first-order valence-corrected chi connectivity index (χ1v) is 7.64. The summed E-state index contributed by atoms with van der Waals surface area (Å²) in [6.45, 7) is 4.37. The van der Waals surface area contributed by atoms with Crippen molar-refractivity contribution in [3.05, 3.63) is 28.2 Å². The van der Waals surface area contributed by atoms with E-state index in [4.69, 9.17) is 0 Å². The average Bonchev–Trinajstić information content (AvgIpc) is 2.36. The highest BCUT2D eigenvalue weighted by Crippen LogP contribution is 2.29. The predicted octanol–water partition coefficient (Wildman–Crippen LogP) is 4.07. The average molecular weight is 312 g/mol. The second-order valence-corrected chi connectivity index (χ2v) is 6.29. The van der Waals surface area contributed by atoms with E-state index in [9.17, 15) is 5.11 Å². The van der Waals surface area contributed by atoms with Crippen LogP contribution in [0.15, 0.2) is 22.7 Å². The van der Waals surface area contributed by atoms with Crippen molar-refractivity contribution in [3.8, 4) is 5.75 Å². The second kappa shape index (κ2) is 6.58. The predicted molar refractivity (Wildman–Crippen MR) is 78.6 cm³/mol. The zero-order valence-corrected chi connectivity index (χ0v) is 12.5. The summed E-state index contributed by atoms with van der Waals surface area (Å²) < 4.78 is 0.771. The molecule has 1 aromatic carbocycles. The summed E-state index contributed by atoms with van der Waals surface area (Å²) in [6.07, 6.45) is 5.55. The van der Waals surface area contributed by atoms with Gasteiger partial charge in [0.15, 0.2) is 0 Å². The van der Waals surface area contributed by atoms with Crippen LogP contribution in [0.5, 0.6) is 5.75 Å². The van der Waals surface area contributed by atoms with Crippen molar-refractivity contribution in [1.82, 2.24) is 5.32 Å². The topological polar surface area (TPSA) is 32.3 Å². The minimum atomic E-state index is 0.305. The Morgan fingerprint density at radius 2 is 2.11 bits per heavy atom. The lowest BCUT2D eigenvalue weighted by molar-refractivity contribution is 0.247. The lowest BCUT2D eigenvalue weighted by atomic mass is 9.80. The van der Waals surface area contributed by atoms with Gasteiger partial charge in [-0.2, -0.15) is 0 Å². The molecule has 18 heavy (non-hydrogen) atoms. The number of hydrogen-bond acceptors (Lipinski definition) is 2. The van der Waals surface area contributed by atoms with Crippen molar-refractivity contribution in [2.45, 2.75) is 39.2 Å². The van der Waals surface area contributed by atoms with E-state index >= 15 is 0 Å². The number of rotatable bonds is 4. The molecule has 1 aliphatic carbocycles. The van der Waals surface area contributed by atoms with Gasteiger partial charge < -0.3 is 10.4 Å². The monoisotopic (exact) mass is 311 g/mol. The highest BCUT2D eigenvalue weighted by Gasteiger charge is 2.20. The van der Waals surface area contributed by atoms with Gasteiger partial charge in [0.2, 0.25) is 0 Å². The van der Waals surface area contributed by atoms with Crippen LogP contribution < -0.4 is 5.32 Å². The van der Waals surface area contributed by atoms with Crippen molar-refractivity contribution in [2.24, 2.45) is 11.8 Å². The smallest absolute Gasteiger partial charge is 0.129 e. The lowest BCUT2D eigenvalue weighted by Gasteiger charge is -2.28. The van der Waals surface area contributed by atoms with Crippen LogP contribution in [0.25, 0.3) is 0 Å². The molecule has 2 N–H and O–H groups in total. The molecule has 100 valence electrons. The van der Waals surface area contributed by atoms with Gasteiger partial charge in [-0.25, -0.2) is 0 Å². The van der Waals surface area contributed by atoms with E-state index < -0.39 is 0 Å². The molecule has 0 aliphatic heterocycles. The molecule has 1 fully saturated rings. The third kappa shape index (κ3) is 3.72. The molecule has 0 spiro atoms. The molecule has 2 unspecified atom stereocenters. The largest absolute Gasteiger partial charge is 0.507 e. The first kappa shape index (κ1) is 13.9. The number of hydrogen-bond donors (Lipinski definition) is 2. The van der Waals surface area contributed by atoms with Gasteiger partial charge in [-0.15, -0.1) is 0 Å². The van der Waals surface area contributed by atoms with E-state index in [1.807, 2.05) is 12.1 Å². The van der Waals surface area contributed by atoms with Crippen LogP contribution in [0.3, 0.4) is 0 Å². The Labute approximate surface area is 118 Å². The Bertz CT molecular complexity index is 394. The molecule has 1 saturated carbocycles. The Morgan fingerprint density at radius 3 is 2.83 bits per heavy atom. The van der Waals surface area contributed by atoms with Gasteiger partial charge in [0.1, 0.15) is 5.75 Å². The number of halogens is 1. The minimum Gasteiger partial charge on any atom is -0.507 e. The van der Waals surface area contributed by atoms with Gasteiger partial charge in [0.05, 0.1) is 4.47 Å². The van der Waals surface area contributed by atoms with Crippen molar-refractivity contribution in [3.63, 3.8) is 0 Å². The summed E-state index contributed by atoms with van der Waals surface area (Å²) in [5.74, 6) is 2.00. The maximum absolute atomic E-state index is 9.44. The fourth-order valence-corrected chi connectivity index (χ4v) is 3.18. The van der Waals surface area contributed by atoms with E-state index in [0.29, 0.717) is 5.75 Å². The van der Waals surface area contributed by atoms with Crippen molar-refractivity contribution in [1.29, 1.82) is 0 Å². The van der Waals surface area contributed by atoms with E-state index in [1.54, 1.807) is 6.07 Å². The third-order valence-electron chi connectivity index (χ3n) is 4.04. The third-order valence-corrected chi connectivity index (χ3v) is 4.67. The van der Waals surface area contributed by atoms with E-state index in [1.165, 1.54) is 31.2 Å². The van der Waals surface area contributed by atoms with Crippen LogP contribution in [-0.2, 0) is 6.54 Å². The molecular formula is C15H22BrNO. The molecule has 2 nitrogen and oxygen atoms in total. The zero-order chi connectivity index (χ0) is 13.0. The first-order valence-electron chi connectivity index (χ1n) is 6.85. The van der Waals surface area contributed by atoms with Gasteiger partial charge in [-0.05, 0) is 58.4 Å². The molecule has 0 radical (unpaired) electrons. The molecule has 0 bridgehead atoms. The van der Waals surface area contributed by atoms with Crippen LogP contribution >= 0.6 is 15.9 Å². The minimum absolute atomic E-state index is 0.305. The van der Waals surface area contributed by atoms with Gasteiger partial charge in [0, 0.05) is 6.54 Å². The summed E-state index contributed by atoms with van der Waals surface area (Å²) in [6, 6.07) is 5.69. The van der Waals surface area contributed by atoms with Crippen molar-refractivity contribution in [2.75, 3.05) is 6.54 Å². The summed E-state index contributed by atoms with van der Waals surface area (Å²) >= 11 is 3.35. The molecule has 1 aliphatic rings. The first-order chi connectivity index (χ1) is 8.66. The molecule has 0 aromatic heterocycles. The molecule has 0 amide bonds. The normalized spacial score (nSPS) is 24.1. The van der Waals surface area contributed by atoms with E-state index in [-0.39, 0.29) is 0 Å². The highest BCUT2D eigenvalue weighted by molar-refractivity contribution is 9.10. The molecule has 0 heterocycles. The highest BCUT2D eigenvalue weighted by atomic mass is 79.9. The summed E-state index contributed by atoms with van der Waals surface area (Å²) in [5, 5.41) is 13.0. The van der Waals surface area contributed by atoms with Crippen molar-refractivity contribution >= 4 is 15.9 Å². The number of nitrogens with one attached hydrogen (secondary N) is 1. The Hall–Kier alpha value is -0.540. The summed E-state index contributed by atoms with van der Waals surface area (Å²) in [5.41, 5.74) is 1.21. The number of phenols is 1. The Morgan fingerprint density at radius 1 is 1.33 bits per heavy atom. The maximum atomic E-state index is 9.44. The van der Waals surface area contributed by atoms with Crippen LogP contribution in [-0.4, -0.2) is 11.7 Å².